The van der Waals surface area contributed by atoms with E-state index in [2.05, 4.69) is 33.4 Å². The fourth-order valence-corrected chi connectivity index (χ4v) is 6.08. The molecule has 6 nitrogen and oxygen atoms in total. The minimum Gasteiger partial charge on any atom is -0.487 e. The van der Waals surface area contributed by atoms with E-state index >= 15 is 0 Å². The number of hydrogen-bond donors (Lipinski definition) is 4. The second kappa shape index (κ2) is 12.5. The third-order valence-corrected chi connectivity index (χ3v) is 8.19. The molecule has 3 aliphatic rings. The number of rotatable bonds is 3. The summed E-state index contributed by atoms with van der Waals surface area (Å²) in [6.07, 6.45) is 9.99. The van der Waals surface area contributed by atoms with Gasteiger partial charge in [0, 0.05) is 56.4 Å². The summed E-state index contributed by atoms with van der Waals surface area (Å²) in [7, 11) is 0. The van der Waals surface area contributed by atoms with Gasteiger partial charge in [-0.15, -0.1) is 0 Å². The first-order chi connectivity index (χ1) is 17.3. The first kappa shape index (κ1) is 25.0. The van der Waals surface area contributed by atoms with Crippen LogP contribution in [0.2, 0.25) is 5.02 Å². The van der Waals surface area contributed by atoms with E-state index < -0.39 is 0 Å². The standard InChI is InChI=1S/C28H40ClN5O/c29-21-16-28(35-19-20-8-2-1-3-9-20)27-18-33-25-13-7-5-11-23(25)31-15-14-30-22-10-4-6-12-24(22)32-17-26(21)34-27/h1-3,8-9,16,22-25,30-33H,4-7,10-15,17-19H2/t22-,23?,24-,25?/m1/s1. The Morgan fingerprint density at radius 3 is 1.89 bits per heavy atom. The van der Waals surface area contributed by atoms with Crippen molar-refractivity contribution >= 4 is 11.6 Å². The highest BCUT2D eigenvalue weighted by Gasteiger charge is 2.27. The SMILES string of the molecule is Clc1cc(OCc2ccccc2)c2nc1CN[C@@H]1CCCC[C@H]1NCCNC1CCCCC1NC2. The fourth-order valence-electron chi connectivity index (χ4n) is 5.87. The molecule has 0 saturated heterocycles. The number of halogens is 1. The van der Waals surface area contributed by atoms with Crippen LogP contribution in [0.25, 0.3) is 0 Å². The van der Waals surface area contributed by atoms with Crippen LogP contribution in [0.15, 0.2) is 36.4 Å². The van der Waals surface area contributed by atoms with Gasteiger partial charge < -0.3 is 26.0 Å². The maximum atomic E-state index is 6.75. The number of hydrogen-bond acceptors (Lipinski definition) is 6. The summed E-state index contributed by atoms with van der Waals surface area (Å²) < 4.78 is 6.26. The maximum absolute atomic E-state index is 6.75. The lowest BCUT2D eigenvalue weighted by Crippen LogP contribution is -2.53. The number of nitrogens with zero attached hydrogens (tertiary/aromatic N) is 1. The van der Waals surface area contributed by atoms with E-state index in [4.69, 9.17) is 21.3 Å². The zero-order chi connectivity index (χ0) is 23.9. The molecule has 0 radical (unpaired) electrons. The molecule has 4 atom stereocenters. The molecular formula is C28H40ClN5O. The lowest BCUT2D eigenvalue weighted by Gasteiger charge is -2.34. The third-order valence-electron chi connectivity index (χ3n) is 7.86. The Labute approximate surface area is 215 Å². The molecule has 2 aromatic rings. The Bertz CT molecular complexity index is 942. The molecule has 2 saturated carbocycles. The van der Waals surface area contributed by atoms with Crippen LogP contribution in [-0.4, -0.2) is 42.2 Å². The van der Waals surface area contributed by atoms with Gasteiger partial charge in [-0.25, -0.2) is 4.98 Å². The van der Waals surface area contributed by atoms with Gasteiger partial charge in [-0.05, 0) is 31.2 Å². The number of pyridine rings is 1. The Kier molecular flexibility index (Phi) is 8.92. The van der Waals surface area contributed by atoms with Crippen LogP contribution in [-0.2, 0) is 19.7 Å². The molecule has 1 aliphatic heterocycles. The van der Waals surface area contributed by atoms with Crippen molar-refractivity contribution in [3.63, 3.8) is 0 Å². The van der Waals surface area contributed by atoms with Gasteiger partial charge in [0.25, 0.3) is 0 Å². The fraction of sp³-hybridized carbons (Fsp3) is 0.607. The van der Waals surface area contributed by atoms with E-state index in [1.54, 1.807) is 0 Å². The second-order valence-corrected chi connectivity index (χ2v) is 10.7. The van der Waals surface area contributed by atoms with Crippen molar-refractivity contribution in [2.75, 3.05) is 13.1 Å². The maximum Gasteiger partial charge on any atom is 0.144 e. The van der Waals surface area contributed by atoms with Crippen LogP contribution in [0.4, 0.5) is 0 Å². The highest BCUT2D eigenvalue weighted by Crippen LogP contribution is 2.28. The van der Waals surface area contributed by atoms with Crippen LogP contribution in [0.1, 0.15) is 68.3 Å². The van der Waals surface area contributed by atoms with Crippen LogP contribution in [0.3, 0.4) is 0 Å². The van der Waals surface area contributed by atoms with Gasteiger partial charge in [-0.3, -0.25) is 0 Å². The highest BCUT2D eigenvalue weighted by atomic mass is 35.5. The van der Waals surface area contributed by atoms with Gasteiger partial charge >= 0.3 is 0 Å². The largest absolute Gasteiger partial charge is 0.487 e. The molecule has 0 spiro atoms. The molecule has 1 aromatic carbocycles. The minimum atomic E-state index is 0.442. The molecular weight excluding hydrogens is 458 g/mol. The van der Waals surface area contributed by atoms with Gasteiger partial charge in [0.15, 0.2) is 0 Å². The summed E-state index contributed by atoms with van der Waals surface area (Å²) >= 11 is 6.75. The number of ether oxygens (including phenoxy) is 1. The van der Waals surface area contributed by atoms with E-state index in [0.717, 1.165) is 35.8 Å². The number of benzene rings is 1. The summed E-state index contributed by atoms with van der Waals surface area (Å²) in [6, 6.07) is 14.1. The minimum absolute atomic E-state index is 0.442. The first-order valence-electron chi connectivity index (χ1n) is 13.5. The van der Waals surface area contributed by atoms with Crippen molar-refractivity contribution in [2.24, 2.45) is 0 Å². The third kappa shape index (κ3) is 6.75. The van der Waals surface area contributed by atoms with Crippen LogP contribution < -0.4 is 26.0 Å². The topological polar surface area (TPSA) is 70.2 Å². The molecule has 4 N–H and O–H groups in total. The molecule has 5 rings (SSSR count). The molecule has 2 aliphatic carbocycles. The quantitative estimate of drug-likeness (QED) is 0.506. The zero-order valence-electron chi connectivity index (χ0n) is 20.7. The van der Waals surface area contributed by atoms with Crippen molar-refractivity contribution in [2.45, 2.75) is 95.2 Å². The average molecular weight is 498 g/mol. The van der Waals surface area contributed by atoms with Crippen molar-refractivity contribution in [3.8, 4) is 5.75 Å². The Balaban J connectivity index is 1.38. The monoisotopic (exact) mass is 497 g/mol. The predicted molar refractivity (Wildman–Crippen MR) is 142 cm³/mol. The van der Waals surface area contributed by atoms with Crippen molar-refractivity contribution in [1.82, 2.24) is 26.3 Å². The van der Waals surface area contributed by atoms with Crippen molar-refractivity contribution < 1.29 is 4.74 Å². The second-order valence-electron chi connectivity index (χ2n) is 10.3. The van der Waals surface area contributed by atoms with Gasteiger partial charge in [-0.2, -0.15) is 0 Å². The van der Waals surface area contributed by atoms with Gasteiger partial charge in [0.1, 0.15) is 12.4 Å². The van der Waals surface area contributed by atoms with Crippen molar-refractivity contribution in [1.29, 1.82) is 0 Å². The molecule has 2 bridgehead atoms. The first-order valence-corrected chi connectivity index (χ1v) is 13.9. The van der Waals surface area contributed by atoms with E-state index in [-0.39, 0.29) is 0 Å². The molecule has 1 aromatic heterocycles. The Morgan fingerprint density at radius 1 is 0.743 bits per heavy atom. The van der Waals surface area contributed by atoms with Crippen LogP contribution in [0, 0.1) is 0 Å². The summed E-state index contributed by atoms with van der Waals surface area (Å²) in [5.74, 6) is 0.775. The van der Waals surface area contributed by atoms with Gasteiger partial charge in [0.2, 0.25) is 0 Å². The van der Waals surface area contributed by atoms with Gasteiger partial charge in [-0.1, -0.05) is 67.6 Å². The summed E-state index contributed by atoms with van der Waals surface area (Å²) in [5, 5.41) is 15.9. The Morgan fingerprint density at radius 2 is 1.29 bits per heavy atom. The normalized spacial score (nSPS) is 28.1. The van der Waals surface area contributed by atoms with E-state index in [9.17, 15) is 0 Å². The zero-order valence-corrected chi connectivity index (χ0v) is 21.5. The molecule has 35 heavy (non-hydrogen) atoms. The van der Waals surface area contributed by atoms with E-state index in [0.29, 0.717) is 48.9 Å². The molecule has 0 amide bonds. The van der Waals surface area contributed by atoms with Crippen molar-refractivity contribution in [3.05, 3.63) is 58.4 Å². The smallest absolute Gasteiger partial charge is 0.144 e. The van der Waals surface area contributed by atoms with Crippen LogP contribution in [0.5, 0.6) is 5.75 Å². The molecule has 190 valence electrons. The molecule has 2 fully saturated rings. The van der Waals surface area contributed by atoms with E-state index in [1.165, 1.54) is 51.4 Å². The average Bonchev–Trinajstić information content (AvgIpc) is 2.90. The number of nitrogens with one attached hydrogen (secondary N) is 4. The lowest BCUT2D eigenvalue weighted by atomic mass is 9.89. The van der Waals surface area contributed by atoms with E-state index in [1.807, 2.05) is 24.3 Å². The molecule has 2 unspecified atom stereocenters. The molecule has 7 heteroatoms. The lowest BCUT2D eigenvalue weighted by molar-refractivity contribution is 0.264. The molecule has 2 heterocycles. The number of fused-ring (bicyclic) bond motifs is 4. The summed E-state index contributed by atoms with van der Waals surface area (Å²) in [5.41, 5.74) is 2.99. The number of aromatic nitrogens is 1. The highest BCUT2D eigenvalue weighted by molar-refractivity contribution is 6.31. The summed E-state index contributed by atoms with van der Waals surface area (Å²) in [6.45, 7) is 3.89. The Hall–Kier alpha value is -1.70. The van der Waals surface area contributed by atoms with Crippen LogP contribution >= 0.6 is 11.6 Å². The summed E-state index contributed by atoms with van der Waals surface area (Å²) in [4.78, 5) is 5.05. The predicted octanol–water partition coefficient (Wildman–Crippen LogP) is 4.31. The van der Waals surface area contributed by atoms with Gasteiger partial charge in [0.05, 0.1) is 16.4 Å².